The van der Waals surface area contributed by atoms with Gasteiger partial charge in [0.05, 0.1) is 19.4 Å². The minimum Gasteiger partial charge on any atom is -0.468 e. The van der Waals surface area contributed by atoms with Gasteiger partial charge in [0, 0.05) is 25.9 Å². The van der Waals surface area contributed by atoms with Gasteiger partial charge in [0.2, 0.25) is 0 Å². The zero-order valence-corrected chi connectivity index (χ0v) is 11.7. The van der Waals surface area contributed by atoms with Gasteiger partial charge < -0.3 is 19.2 Å². The fraction of sp³-hybridized carbons (Fsp3) is 0.714. The van der Waals surface area contributed by atoms with Gasteiger partial charge in [-0.2, -0.15) is 0 Å². The Kier molecular flexibility index (Phi) is 7.73. The Hall–Kier alpha value is -0.840. The summed E-state index contributed by atoms with van der Waals surface area (Å²) in [5.74, 6) is 1.62. The van der Waals surface area contributed by atoms with E-state index in [0.29, 0.717) is 12.5 Å². The molecule has 0 aromatic carbocycles. The van der Waals surface area contributed by atoms with E-state index in [0.717, 1.165) is 44.0 Å². The maximum Gasteiger partial charge on any atom is 0.123 e. The van der Waals surface area contributed by atoms with Gasteiger partial charge >= 0.3 is 0 Å². The SMILES string of the molecule is COCCCOCc1ccoc1CNCC(C)C. The van der Waals surface area contributed by atoms with Crippen molar-refractivity contribution in [2.45, 2.75) is 33.4 Å². The quantitative estimate of drug-likeness (QED) is 0.653. The number of hydrogen-bond acceptors (Lipinski definition) is 4. The zero-order valence-electron chi connectivity index (χ0n) is 11.7. The standard InChI is InChI=1S/C14H25NO3/c1-12(2)9-15-10-14-13(5-8-18-14)11-17-7-4-6-16-3/h5,8,12,15H,4,6-7,9-11H2,1-3H3. The number of ether oxygens (including phenoxy) is 2. The number of hydrogen-bond donors (Lipinski definition) is 1. The lowest BCUT2D eigenvalue weighted by atomic mass is 10.2. The molecule has 0 saturated heterocycles. The average molecular weight is 255 g/mol. The van der Waals surface area contributed by atoms with E-state index >= 15 is 0 Å². The second kappa shape index (κ2) is 9.14. The first-order chi connectivity index (χ1) is 8.74. The van der Waals surface area contributed by atoms with Crippen molar-refractivity contribution in [2.75, 3.05) is 26.9 Å². The maximum absolute atomic E-state index is 5.58. The first-order valence-corrected chi connectivity index (χ1v) is 6.56. The third kappa shape index (κ3) is 6.19. The van der Waals surface area contributed by atoms with E-state index in [1.54, 1.807) is 13.4 Å². The molecule has 1 heterocycles. The fourth-order valence-corrected chi connectivity index (χ4v) is 1.61. The highest BCUT2D eigenvalue weighted by atomic mass is 16.5. The van der Waals surface area contributed by atoms with Gasteiger partial charge in [-0.25, -0.2) is 0 Å². The van der Waals surface area contributed by atoms with Crippen molar-refractivity contribution in [1.82, 2.24) is 5.32 Å². The predicted molar refractivity (Wildman–Crippen MR) is 71.4 cm³/mol. The summed E-state index contributed by atoms with van der Waals surface area (Å²) in [4.78, 5) is 0. The molecule has 4 nitrogen and oxygen atoms in total. The number of rotatable bonds is 10. The van der Waals surface area contributed by atoms with Crippen LogP contribution in [-0.4, -0.2) is 26.9 Å². The van der Waals surface area contributed by atoms with Crippen LogP contribution in [0.2, 0.25) is 0 Å². The van der Waals surface area contributed by atoms with Gasteiger partial charge in [-0.1, -0.05) is 13.8 Å². The van der Waals surface area contributed by atoms with Gasteiger partial charge in [-0.15, -0.1) is 0 Å². The summed E-state index contributed by atoms with van der Waals surface area (Å²) in [6.45, 7) is 8.21. The normalized spacial score (nSPS) is 11.3. The fourth-order valence-electron chi connectivity index (χ4n) is 1.61. The molecule has 0 spiro atoms. The third-order valence-electron chi connectivity index (χ3n) is 2.57. The molecular weight excluding hydrogens is 230 g/mol. The number of methoxy groups -OCH3 is 1. The molecule has 0 atom stereocenters. The Morgan fingerprint density at radius 2 is 2.17 bits per heavy atom. The van der Waals surface area contributed by atoms with Gasteiger partial charge in [-0.05, 0) is 24.9 Å². The molecule has 0 bridgehead atoms. The summed E-state index contributed by atoms with van der Waals surface area (Å²) in [5.41, 5.74) is 1.13. The zero-order chi connectivity index (χ0) is 13.2. The molecule has 1 N–H and O–H groups in total. The molecule has 1 rings (SSSR count). The van der Waals surface area contributed by atoms with Gasteiger partial charge in [-0.3, -0.25) is 0 Å². The topological polar surface area (TPSA) is 43.6 Å². The third-order valence-corrected chi connectivity index (χ3v) is 2.57. The highest BCUT2D eigenvalue weighted by Crippen LogP contribution is 2.12. The van der Waals surface area contributed by atoms with E-state index in [4.69, 9.17) is 13.9 Å². The molecule has 4 heteroatoms. The van der Waals surface area contributed by atoms with E-state index in [2.05, 4.69) is 19.2 Å². The Bertz CT molecular complexity index is 310. The molecule has 0 saturated carbocycles. The van der Waals surface area contributed by atoms with Crippen LogP contribution in [0.3, 0.4) is 0 Å². The van der Waals surface area contributed by atoms with Crippen molar-refractivity contribution < 1.29 is 13.9 Å². The van der Waals surface area contributed by atoms with Crippen LogP contribution in [0, 0.1) is 5.92 Å². The maximum atomic E-state index is 5.58. The Labute approximate surface area is 110 Å². The average Bonchev–Trinajstić information content (AvgIpc) is 2.76. The Morgan fingerprint density at radius 1 is 1.33 bits per heavy atom. The smallest absolute Gasteiger partial charge is 0.123 e. The largest absolute Gasteiger partial charge is 0.468 e. The lowest BCUT2D eigenvalue weighted by molar-refractivity contribution is 0.0919. The van der Waals surface area contributed by atoms with E-state index in [-0.39, 0.29) is 0 Å². The van der Waals surface area contributed by atoms with Crippen molar-refractivity contribution in [3.05, 3.63) is 23.7 Å². The second-order valence-corrected chi connectivity index (χ2v) is 4.79. The molecule has 1 aromatic rings. The van der Waals surface area contributed by atoms with Crippen LogP contribution in [-0.2, 0) is 22.6 Å². The molecular formula is C14H25NO3. The highest BCUT2D eigenvalue weighted by Gasteiger charge is 2.06. The van der Waals surface area contributed by atoms with Crippen LogP contribution in [0.15, 0.2) is 16.7 Å². The summed E-state index contributed by atoms with van der Waals surface area (Å²) in [6.07, 6.45) is 2.65. The van der Waals surface area contributed by atoms with Crippen LogP contribution in [0.1, 0.15) is 31.6 Å². The molecule has 18 heavy (non-hydrogen) atoms. The summed E-state index contributed by atoms with van der Waals surface area (Å²) >= 11 is 0. The molecule has 0 aliphatic heterocycles. The molecule has 0 radical (unpaired) electrons. The number of nitrogens with one attached hydrogen (secondary N) is 1. The highest BCUT2D eigenvalue weighted by molar-refractivity contribution is 5.15. The first-order valence-electron chi connectivity index (χ1n) is 6.56. The van der Waals surface area contributed by atoms with Crippen LogP contribution < -0.4 is 5.32 Å². The molecule has 0 aliphatic rings. The molecule has 0 unspecified atom stereocenters. The summed E-state index contributed by atoms with van der Waals surface area (Å²) in [5, 5.41) is 3.37. The number of furan rings is 1. The summed E-state index contributed by atoms with van der Waals surface area (Å²) < 4.78 is 16.0. The molecule has 1 aromatic heterocycles. The Morgan fingerprint density at radius 3 is 2.89 bits per heavy atom. The second-order valence-electron chi connectivity index (χ2n) is 4.79. The van der Waals surface area contributed by atoms with Crippen LogP contribution in [0.5, 0.6) is 0 Å². The molecule has 0 fully saturated rings. The minimum absolute atomic E-state index is 0.610. The monoisotopic (exact) mass is 255 g/mol. The predicted octanol–water partition coefficient (Wildman–Crippen LogP) is 2.58. The molecule has 104 valence electrons. The summed E-state index contributed by atoms with van der Waals surface area (Å²) in [7, 11) is 1.70. The van der Waals surface area contributed by atoms with Crippen molar-refractivity contribution >= 4 is 0 Å². The van der Waals surface area contributed by atoms with Crippen LogP contribution >= 0.6 is 0 Å². The Balaban J connectivity index is 2.22. The van der Waals surface area contributed by atoms with Gasteiger partial charge in [0.1, 0.15) is 5.76 Å². The van der Waals surface area contributed by atoms with Crippen LogP contribution in [0.4, 0.5) is 0 Å². The van der Waals surface area contributed by atoms with Gasteiger partial charge in [0.15, 0.2) is 0 Å². The molecule has 0 amide bonds. The van der Waals surface area contributed by atoms with E-state index in [1.807, 2.05) is 6.07 Å². The van der Waals surface area contributed by atoms with Crippen molar-refractivity contribution in [3.8, 4) is 0 Å². The van der Waals surface area contributed by atoms with Crippen molar-refractivity contribution in [3.63, 3.8) is 0 Å². The van der Waals surface area contributed by atoms with E-state index < -0.39 is 0 Å². The van der Waals surface area contributed by atoms with Crippen LogP contribution in [0.25, 0.3) is 0 Å². The van der Waals surface area contributed by atoms with E-state index in [9.17, 15) is 0 Å². The van der Waals surface area contributed by atoms with Crippen molar-refractivity contribution in [1.29, 1.82) is 0 Å². The molecule has 0 aliphatic carbocycles. The van der Waals surface area contributed by atoms with Gasteiger partial charge in [0.25, 0.3) is 0 Å². The van der Waals surface area contributed by atoms with Crippen molar-refractivity contribution in [2.24, 2.45) is 5.92 Å². The lowest BCUT2D eigenvalue weighted by Crippen LogP contribution is -2.19. The lowest BCUT2D eigenvalue weighted by Gasteiger charge is -2.08. The van der Waals surface area contributed by atoms with E-state index in [1.165, 1.54) is 0 Å². The summed E-state index contributed by atoms with van der Waals surface area (Å²) in [6, 6.07) is 1.97. The first kappa shape index (κ1) is 15.2. The minimum atomic E-state index is 0.610.